The summed E-state index contributed by atoms with van der Waals surface area (Å²) in [4.78, 5) is 11.8. The molecule has 1 atom stereocenters. The zero-order chi connectivity index (χ0) is 14.5. The predicted octanol–water partition coefficient (Wildman–Crippen LogP) is 3.61. The predicted molar refractivity (Wildman–Crippen MR) is 79.6 cm³/mol. The molecule has 1 unspecified atom stereocenters. The molecule has 1 aromatic heterocycles. The molecule has 2 rings (SSSR count). The van der Waals surface area contributed by atoms with Gasteiger partial charge < -0.3 is 14.5 Å². The molecule has 106 valence electrons. The lowest BCUT2D eigenvalue weighted by molar-refractivity contribution is -0.123. The molecular weight excluding hydrogens is 322 g/mol. The third kappa shape index (κ3) is 4.13. The summed E-state index contributed by atoms with van der Waals surface area (Å²) >= 11 is 3.34. The summed E-state index contributed by atoms with van der Waals surface area (Å²) in [5, 5.41) is 2.82. The minimum absolute atomic E-state index is 0.0222. The number of carbonyl (C=O) groups excluding carboxylic acids is 1. The van der Waals surface area contributed by atoms with Gasteiger partial charge in [-0.3, -0.25) is 4.79 Å². The number of rotatable bonds is 5. The fraction of sp³-hybridized carbons (Fsp3) is 0.267. The lowest BCUT2D eigenvalue weighted by atomic mass is 10.2. The molecular formula is C15H16BrNO3. The van der Waals surface area contributed by atoms with Crippen LogP contribution in [0, 0.1) is 6.92 Å². The average Bonchev–Trinajstić information content (AvgIpc) is 2.85. The Labute approximate surface area is 126 Å². The molecule has 20 heavy (non-hydrogen) atoms. The van der Waals surface area contributed by atoms with Gasteiger partial charge in [-0.25, -0.2) is 0 Å². The summed E-state index contributed by atoms with van der Waals surface area (Å²) in [5.41, 5.74) is 0. The molecule has 0 saturated carbocycles. The first-order valence-corrected chi connectivity index (χ1v) is 7.08. The van der Waals surface area contributed by atoms with Crippen LogP contribution in [-0.2, 0) is 4.79 Å². The second kappa shape index (κ2) is 6.61. The second-order valence-corrected chi connectivity index (χ2v) is 5.40. The number of halogens is 1. The molecule has 0 aliphatic rings. The molecule has 5 heteroatoms. The van der Waals surface area contributed by atoms with Gasteiger partial charge in [-0.05, 0) is 50.2 Å². The first-order valence-electron chi connectivity index (χ1n) is 6.28. The van der Waals surface area contributed by atoms with E-state index in [0.29, 0.717) is 5.75 Å². The number of furan rings is 1. The molecule has 0 bridgehead atoms. The van der Waals surface area contributed by atoms with Gasteiger partial charge in [0.25, 0.3) is 5.91 Å². The van der Waals surface area contributed by atoms with Crippen molar-refractivity contribution in [2.45, 2.75) is 19.9 Å². The van der Waals surface area contributed by atoms with Crippen LogP contribution in [0.4, 0.5) is 0 Å². The van der Waals surface area contributed by atoms with E-state index in [1.165, 1.54) is 0 Å². The number of nitrogens with one attached hydrogen (secondary N) is 1. The highest BCUT2D eigenvalue weighted by Gasteiger charge is 2.13. The molecule has 1 N–H and O–H groups in total. The number of hydrogen-bond acceptors (Lipinski definition) is 3. The zero-order valence-corrected chi connectivity index (χ0v) is 12.9. The van der Waals surface area contributed by atoms with E-state index in [4.69, 9.17) is 9.15 Å². The van der Waals surface area contributed by atoms with E-state index in [9.17, 15) is 4.79 Å². The maximum Gasteiger partial charge on any atom is 0.258 e. The van der Waals surface area contributed by atoms with Crippen molar-refractivity contribution in [3.63, 3.8) is 0 Å². The lowest BCUT2D eigenvalue weighted by Gasteiger charge is -2.12. The van der Waals surface area contributed by atoms with Crippen molar-refractivity contribution in [3.05, 3.63) is 52.4 Å². The Morgan fingerprint density at radius 3 is 2.60 bits per heavy atom. The minimum Gasteiger partial charge on any atom is -0.484 e. The van der Waals surface area contributed by atoms with Gasteiger partial charge in [0, 0.05) is 4.47 Å². The van der Waals surface area contributed by atoms with Crippen molar-refractivity contribution in [1.29, 1.82) is 0 Å². The largest absolute Gasteiger partial charge is 0.484 e. The van der Waals surface area contributed by atoms with Crippen molar-refractivity contribution in [1.82, 2.24) is 5.32 Å². The summed E-state index contributed by atoms with van der Waals surface area (Å²) < 4.78 is 11.8. The third-order valence-corrected chi connectivity index (χ3v) is 3.28. The highest BCUT2D eigenvalue weighted by atomic mass is 79.9. The molecule has 0 saturated heterocycles. The van der Waals surface area contributed by atoms with Crippen molar-refractivity contribution < 1.29 is 13.9 Å². The summed E-state index contributed by atoms with van der Waals surface area (Å²) in [6.45, 7) is 3.72. The Bertz CT molecular complexity index is 577. The third-order valence-electron chi connectivity index (χ3n) is 2.75. The lowest BCUT2D eigenvalue weighted by Crippen LogP contribution is -2.31. The van der Waals surface area contributed by atoms with E-state index >= 15 is 0 Å². The Morgan fingerprint density at radius 1 is 1.30 bits per heavy atom. The Hall–Kier alpha value is -1.75. The fourth-order valence-corrected chi connectivity index (χ4v) is 1.98. The van der Waals surface area contributed by atoms with Crippen LogP contribution in [0.25, 0.3) is 0 Å². The van der Waals surface area contributed by atoms with Crippen molar-refractivity contribution >= 4 is 21.8 Å². The first kappa shape index (κ1) is 14.7. The first-order chi connectivity index (χ1) is 9.54. The molecule has 1 amide bonds. The smallest absolute Gasteiger partial charge is 0.258 e. The molecule has 0 aliphatic heterocycles. The van der Waals surface area contributed by atoms with Gasteiger partial charge >= 0.3 is 0 Å². The standard InChI is InChI=1S/C15H16BrNO3/c1-10-3-8-14(20-10)11(2)17-15(18)9-19-13-6-4-12(16)5-7-13/h3-8,11H,9H2,1-2H3,(H,17,18). The summed E-state index contributed by atoms with van der Waals surface area (Å²) in [6, 6.07) is 10.9. The summed E-state index contributed by atoms with van der Waals surface area (Å²) in [6.07, 6.45) is 0. The summed E-state index contributed by atoms with van der Waals surface area (Å²) in [7, 11) is 0. The number of hydrogen-bond donors (Lipinski definition) is 1. The summed E-state index contributed by atoms with van der Waals surface area (Å²) in [5.74, 6) is 2.03. The molecule has 0 radical (unpaired) electrons. The number of carbonyl (C=O) groups is 1. The van der Waals surface area contributed by atoms with Gasteiger partial charge in [-0.2, -0.15) is 0 Å². The molecule has 1 aromatic carbocycles. The van der Waals surface area contributed by atoms with Gasteiger partial charge in [-0.1, -0.05) is 15.9 Å². The topological polar surface area (TPSA) is 51.5 Å². The van der Waals surface area contributed by atoms with Crippen molar-refractivity contribution in [2.75, 3.05) is 6.61 Å². The van der Waals surface area contributed by atoms with E-state index in [0.717, 1.165) is 16.0 Å². The van der Waals surface area contributed by atoms with Gasteiger partial charge in [-0.15, -0.1) is 0 Å². The van der Waals surface area contributed by atoms with Crippen molar-refractivity contribution in [2.24, 2.45) is 0 Å². The van der Waals surface area contributed by atoms with Gasteiger partial charge in [0.2, 0.25) is 0 Å². The zero-order valence-electron chi connectivity index (χ0n) is 11.4. The number of amides is 1. The van der Waals surface area contributed by atoms with Crippen LogP contribution in [0.5, 0.6) is 5.75 Å². The quantitative estimate of drug-likeness (QED) is 0.906. The molecule has 0 spiro atoms. The number of aryl methyl sites for hydroxylation is 1. The highest BCUT2D eigenvalue weighted by Crippen LogP contribution is 2.17. The molecule has 1 heterocycles. The van der Waals surface area contributed by atoms with Crippen LogP contribution >= 0.6 is 15.9 Å². The average molecular weight is 338 g/mol. The number of benzene rings is 1. The maximum atomic E-state index is 11.8. The normalized spacial score (nSPS) is 11.9. The van der Waals surface area contributed by atoms with Crippen LogP contribution < -0.4 is 10.1 Å². The molecule has 0 fully saturated rings. The van der Waals surface area contributed by atoms with E-state index in [1.807, 2.05) is 38.1 Å². The van der Waals surface area contributed by atoms with E-state index < -0.39 is 0 Å². The van der Waals surface area contributed by atoms with Crippen LogP contribution in [0.3, 0.4) is 0 Å². The fourth-order valence-electron chi connectivity index (χ4n) is 1.72. The Kier molecular flexibility index (Phi) is 4.84. The molecule has 4 nitrogen and oxygen atoms in total. The monoisotopic (exact) mass is 337 g/mol. The van der Waals surface area contributed by atoms with Crippen LogP contribution in [-0.4, -0.2) is 12.5 Å². The Balaban J connectivity index is 1.82. The second-order valence-electron chi connectivity index (χ2n) is 4.48. The van der Waals surface area contributed by atoms with Crippen LogP contribution in [0.2, 0.25) is 0 Å². The molecule has 2 aromatic rings. The number of ether oxygens (including phenoxy) is 1. The van der Waals surface area contributed by atoms with Gasteiger partial charge in [0.15, 0.2) is 6.61 Å². The van der Waals surface area contributed by atoms with Crippen molar-refractivity contribution in [3.8, 4) is 5.75 Å². The SMILES string of the molecule is Cc1ccc(C(C)NC(=O)COc2ccc(Br)cc2)o1. The van der Waals surface area contributed by atoms with Gasteiger partial charge in [0.1, 0.15) is 17.3 Å². The van der Waals surface area contributed by atoms with Crippen LogP contribution in [0.1, 0.15) is 24.5 Å². The Morgan fingerprint density at radius 2 is 2.00 bits per heavy atom. The van der Waals surface area contributed by atoms with Gasteiger partial charge in [0.05, 0.1) is 6.04 Å². The minimum atomic E-state index is -0.186. The highest BCUT2D eigenvalue weighted by molar-refractivity contribution is 9.10. The molecule has 0 aliphatic carbocycles. The van der Waals surface area contributed by atoms with E-state index in [-0.39, 0.29) is 18.6 Å². The van der Waals surface area contributed by atoms with Crippen LogP contribution in [0.15, 0.2) is 45.3 Å². The van der Waals surface area contributed by atoms with E-state index in [2.05, 4.69) is 21.2 Å². The van der Waals surface area contributed by atoms with E-state index in [1.54, 1.807) is 12.1 Å². The maximum absolute atomic E-state index is 11.8.